The van der Waals surface area contributed by atoms with Gasteiger partial charge in [0.25, 0.3) is 0 Å². The molecule has 1 aliphatic carbocycles. The first kappa shape index (κ1) is 18.2. The number of pyridine rings is 1. The second kappa shape index (κ2) is 7.07. The highest BCUT2D eigenvalue weighted by Gasteiger charge is 2.20. The van der Waals surface area contributed by atoms with E-state index >= 15 is 0 Å². The lowest BCUT2D eigenvalue weighted by atomic mass is 9.96. The van der Waals surface area contributed by atoms with Crippen LogP contribution < -0.4 is 5.43 Å². The fourth-order valence-electron chi connectivity index (χ4n) is 3.73. The van der Waals surface area contributed by atoms with E-state index in [-0.39, 0.29) is 27.9 Å². The highest BCUT2D eigenvalue weighted by molar-refractivity contribution is 5.98. The number of hydrogen-bond acceptors (Lipinski definition) is 5. The van der Waals surface area contributed by atoms with Crippen molar-refractivity contribution in [3.63, 3.8) is 0 Å². The van der Waals surface area contributed by atoms with E-state index < -0.39 is 5.97 Å². The van der Waals surface area contributed by atoms with Gasteiger partial charge in [0, 0.05) is 14.1 Å². The van der Waals surface area contributed by atoms with Crippen molar-refractivity contribution in [3.8, 4) is 0 Å². The molecule has 0 amide bonds. The summed E-state index contributed by atoms with van der Waals surface area (Å²) in [7, 11) is 3.53. The smallest absolute Gasteiger partial charge is 0.339 e. The third-order valence-electron chi connectivity index (χ3n) is 5.13. The zero-order chi connectivity index (χ0) is 19.8. The van der Waals surface area contributed by atoms with Gasteiger partial charge >= 0.3 is 5.97 Å². The molecule has 144 valence electrons. The van der Waals surface area contributed by atoms with Crippen LogP contribution in [0.5, 0.6) is 0 Å². The second-order valence-corrected chi connectivity index (χ2v) is 7.39. The molecule has 1 saturated carbocycles. The van der Waals surface area contributed by atoms with Crippen LogP contribution in [0.15, 0.2) is 38.5 Å². The minimum absolute atomic E-state index is 0.00113. The number of nitrogens with zero attached hydrogens (tertiary/aromatic N) is 3. The average Bonchev–Trinajstić information content (AvgIpc) is 3.20. The maximum atomic E-state index is 13.1. The number of aromatic carboxylic acids is 1. The summed E-state index contributed by atoms with van der Waals surface area (Å²) < 4.78 is 5.84. The summed E-state index contributed by atoms with van der Waals surface area (Å²) in [5.41, 5.74) is 1.26. The third kappa shape index (κ3) is 3.24. The molecule has 0 saturated heterocycles. The number of hydrogen-bond donors (Lipinski definition) is 1. The number of carbonyl (C=O) groups is 1. The summed E-state index contributed by atoms with van der Waals surface area (Å²) in [6.45, 7) is 0. The first-order chi connectivity index (χ1) is 13.4. The topological polar surface area (TPSA) is 96.0 Å². The first-order valence-electron chi connectivity index (χ1n) is 9.29. The highest BCUT2D eigenvalue weighted by atomic mass is 16.4. The Morgan fingerprint density at radius 2 is 2.00 bits per heavy atom. The van der Waals surface area contributed by atoms with Crippen LogP contribution in [-0.2, 0) is 0 Å². The molecule has 1 aromatic carbocycles. The number of carboxylic acid groups (broad SMARTS) is 1. The average molecular weight is 379 g/mol. The van der Waals surface area contributed by atoms with Crippen molar-refractivity contribution >= 4 is 40.2 Å². The van der Waals surface area contributed by atoms with Crippen LogP contribution in [0, 0.1) is 0 Å². The molecule has 7 nitrogen and oxygen atoms in total. The Hall–Kier alpha value is -3.22. The molecule has 7 heteroatoms. The molecular weight excluding hydrogens is 358 g/mol. The Kier molecular flexibility index (Phi) is 4.58. The summed E-state index contributed by atoms with van der Waals surface area (Å²) in [5, 5.41) is 10.1. The quantitative estimate of drug-likeness (QED) is 0.419. The first-order valence-corrected chi connectivity index (χ1v) is 9.29. The largest absolute Gasteiger partial charge is 0.478 e. The molecule has 0 aliphatic heterocycles. The minimum Gasteiger partial charge on any atom is -0.478 e. The van der Waals surface area contributed by atoms with Crippen molar-refractivity contribution in [2.45, 2.75) is 31.6 Å². The lowest BCUT2D eigenvalue weighted by molar-refractivity contribution is 0.0697. The lowest BCUT2D eigenvalue weighted by Crippen LogP contribution is -2.09. The summed E-state index contributed by atoms with van der Waals surface area (Å²) in [4.78, 5) is 34.7. The molecule has 0 radical (unpaired) electrons. The predicted octanol–water partition coefficient (Wildman–Crippen LogP) is 3.92. The zero-order valence-corrected chi connectivity index (χ0v) is 15.8. The summed E-state index contributed by atoms with van der Waals surface area (Å²) in [6, 6.07) is 7.00. The Balaban J connectivity index is 1.93. The normalized spacial score (nSPS) is 15.1. The van der Waals surface area contributed by atoms with Crippen LogP contribution >= 0.6 is 0 Å². The van der Waals surface area contributed by atoms with E-state index in [1.165, 1.54) is 25.2 Å². The molecule has 3 aromatic rings. The number of aliphatic imine (C=N–C) groups is 1. The van der Waals surface area contributed by atoms with E-state index in [1.807, 2.05) is 12.1 Å². The predicted molar refractivity (Wildman–Crippen MR) is 108 cm³/mol. The maximum Gasteiger partial charge on any atom is 0.339 e. The molecular formula is C21H21N3O4. The summed E-state index contributed by atoms with van der Waals surface area (Å²) >= 11 is 0. The van der Waals surface area contributed by atoms with Crippen molar-refractivity contribution in [2.24, 2.45) is 4.99 Å². The van der Waals surface area contributed by atoms with Crippen LogP contribution in [0.4, 0.5) is 5.82 Å². The Morgan fingerprint density at radius 1 is 1.25 bits per heavy atom. The monoisotopic (exact) mass is 379 g/mol. The van der Waals surface area contributed by atoms with Crippen molar-refractivity contribution in [1.29, 1.82) is 0 Å². The molecule has 28 heavy (non-hydrogen) atoms. The Labute approximate surface area is 161 Å². The maximum absolute atomic E-state index is 13.1. The van der Waals surface area contributed by atoms with Crippen LogP contribution in [0.1, 0.15) is 47.5 Å². The van der Waals surface area contributed by atoms with Gasteiger partial charge < -0.3 is 14.4 Å². The minimum atomic E-state index is -1.19. The Bertz CT molecular complexity index is 1160. The number of carboxylic acids is 1. The van der Waals surface area contributed by atoms with Crippen LogP contribution in [0.3, 0.4) is 0 Å². The van der Waals surface area contributed by atoms with Gasteiger partial charge in [-0.05, 0) is 42.5 Å². The molecule has 1 N–H and O–H groups in total. The number of aromatic nitrogens is 1. The van der Waals surface area contributed by atoms with E-state index in [2.05, 4.69) is 9.98 Å². The molecule has 0 unspecified atom stereocenters. The van der Waals surface area contributed by atoms with Crippen LogP contribution in [0.25, 0.3) is 22.1 Å². The van der Waals surface area contributed by atoms with E-state index in [4.69, 9.17) is 4.42 Å². The van der Waals surface area contributed by atoms with Gasteiger partial charge in [-0.3, -0.25) is 4.79 Å². The van der Waals surface area contributed by atoms with E-state index in [0.29, 0.717) is 16.9 Å². The van der Waals surface area contributed by atoms with Gasteiger partial charge in [-0.2, -0.15) is 4.98 Å². The molecule has 1 aliphatic rings. The highest BCUT2D eigenvalue weighted by Crippen LogP contribution is 2.35. The van der Waals surface area contributed by atoms with Crippen molar-refractivity contribution in [2.75, 3.05) is 14.1 Å². The molecule has 0 bridgehead atoms. The van der Waals surface area contributed by atoms with E-state index in [0.717, 1.165) is 18.4 Å². The van der Waals surface area contributed by atoms with Gasteiger partial charge in [0.05, 0.1) is 17.1 Å². The number of rotatable bonds is 4. The number of fused-ring (bicyclic) bond motifs is 2. The lowest BCUT2D eigenvalue weighted by Gasteiger charge is -2.10. The zero-order valence-electron chi connectivity index (χ0n) is 15.8. The standard InChI is InChI=1S/C21H21N3O4/c1-24(2)11-22-19-16(21(26)27)10-15-18(25)14-9-13(12-5-3-4-6-12)7-8-17(14)28-20(15)23-19/h7-12H,3-6H2,1-2H3,(H,26,27). The van der Waals surface area contributed by atoms with Crippen molar-refractivity contribution in [3.05, 3.63) is 45.6 Å². The second-order valence-electron chi connectivity index (χ2n) is 7.39. The fraction of sp³-hybridized carbons (Fsp3) is 0.333. The van der Waals surface area contributed by atoms with Gasteiger partial charge in [0.15, 0.2) is 5.82 Å². The molecule has 2 heterocycles. The van der Waals surface area contributed by atoms with Crippen molar-refractivity contribution in [1.82, 2.24) is 9.88 Å². The van der Waals surface area contributed by atoms with Gasteiger partial charge in [-0.25, -0.2) is 9.79 Å². The van der Waals surface area contributed by atoms with E-state index in [1.54, 1.807) is 25.1 Å². The van der Waals surface area contributed by atoms with E-state index in [9.17, 15) is 14.7 Å². The Morgan fingerprint density at radius 3 is 2.68 bits per heavy atom. The molecule has 0 atom stereocenters. The van der Waals surface area contributed by atoms with Gasteiger partial charge in [-0.15, -0.1) is 0 Å². The third-order valence-corrected chi connectivity index (χ3v) is 5.13. The SMILES string of the molecule is CN(C)C=Nc1nc2oc3ccc(C4CCCC4)cc3c(=O)c2cc1C(=O)O. The van der Waals surface area contributed by atoms with Gasteiger partial charge in [-0.1, -0.05) is 18.9 Å². The van der Waals surface area contributed by atoms with Crippen molar-refractivity contribution < 1.29 is 14.3 Å². The fourth-order valence-corrected chi connectivity index (χ4v) is 3.73. The van der Waals surface area contributed by atoms with Crippen LogP contribution in [0.2, 0.25) is 0 Å². The van der Waals surface area contributed by atoms with Crippen LogP contribution in [-0.4, -0.2) is 41.4 Å². The molecule has 1 fully saturated rings. The molecule has 2 aromatic heterocycles. The molecule has 4 rings (SSSR count). The molecule has 0 spiro atoms. The van der Waals surface area contributed by atoms with Gasteiger partial charge in [0.1, 0.15) is 11.1 Å². The number of benzene rings is 1. The summed E-state index contributed by atoms with van der Waals surface area (Å²) in [5.74, 6) is -0.728. The summed E-state index contributed by atoms with van der Waals surface area (Å²) in [6.07, 6.45) is 6.12. The van der Waals surface area contributed by atoms with Gasteiger partial charge in [0.2, 0.25) is 11.1 Å².